The van der Waals surface area contributed by atoms with Gasteiger partial charge in [0.05, 0.1) is 24.1 Å². The summed E-state index contributed by atoms with van der Waals surface area (Å²) in [5.41, 5.74) is 5.36. The van der Waals surface area contributed by atoms with Crippen molar-refractivity contribution in [3.8, 4) is 22.7 Å². The summed E-state index contributed by atoms with van der Waals surface area (Å²) >= 11 is 0. The molecule has 0 saturated heterocycles. The highest BCUT2D eigenvalue weighted by molar-refractivity contribution is 5.72. The minimum atomic E-state index is 0.766. The fourth-order valence-electron chi connectivity index (χ4n) is 2.49. The van der Waals surface area contributed by atoms with E-state index in [1.165, 1.54) is 5.56 Å². The Morgan fingerprint density at radius 2 is 1.57 bits per heavy atom. The van der Waals surface area contributed by atoms with Gasteiger partial charge in [-0.1, -0.05) is 48.0 Å². The van der Waals surface area contributed by atoms with E-state index < -0.39 is 0 Å². The Balaban J connectivity index is 2.18. The van der Waals surface area contributed by atoms with Crippen LogP contribution in [0.15, 0.2) is 54.6 Å². The summed E-state index contributed by atoms with van der Waals surface area (Å²) in [6, 6.07) is 18.5. The molecule has 0 bridgehead atoms. The molecule has 0 fully saturated rings. The summed E-state index contributed by atoms with van der Waals surface area (Å²) in [5, 5.41) is 4.64. The summed E-state index contributed by atoms with van der Waals surface area (Å²) in [7, 11) is 1.69. The molecule has 0 amide bonds. The molecule has 3 heteroatoms. The largest absolute Gasteiger partial charge is 0.480 e. The Kier molecular flexibility index (Phi) is 3.48. The molecule has 3 aromatic rings. The van der Waals surface area contributed by atoms with E-state index in [9.17, 15) is 0 Å². The van der Waals surface area contributed by atoms with Crippen LogP contribution in [-0.2, 0) is 0 Å². The number of aromatic nitrogens is 2. The molecular weight excluding hydrogens is 260 g/mol. The summed E-state index contributed by atoms with van der Waals surface area (Å²) < 4.78 is 7.49. The molecule has 0 N–H and O–H groups in total. The van der Waals surface area contributed by atoms with Gasteiger partial charge in [-0.2, -0.15) is 5.10 Å². The van der Waals surface area contributed by atoms with Crippen molar-refractivity contribution in [3.05, 3.63) is 65.9 Å². The van der Waals surface area contributed by atoms with Crippen LogP contribution in [0.25, 0.3) is 16.8 Å². The van der Waals surface area contributed by atoms with E-state index in [1.54, 1.807) is 7.11 Å². The molecule has 0 saturated carbocycles. The van der Waals surface area contributed by atoms with E-state index in [0.29, 0.717) is 0 Å². The van der Waals surface area contributed by atoms with Gasteiger partial charge in [0.15, 0.2) is 0 Å². The molecule has 0 radical (unpaired) electrons. The minimum Gasteiger partial charge on any atom is -0.480 e. The van der Waals surface area contributed by atoms with Gasteiger partial charge >= 0.3 is 0 Å². The predicted molar refractivity (Wildman–Crippen MR) is 85.0 cm³/mol. The van der Waals surface area contributed by atoms with Crippen LogP contribution in [-0.4, -0.2) is 16.9 Å². The topological polar surface area (TPSA) is 27.1 Å². The molecule has 0 aliphatic carbocycles. The number of ether oxygens (including phenoxy) is 1. The lowest BCUT2D eigenvalue weighted by molar-refractivity contribution is 0.385. The van der Waals surface area contributed by atoms with Gasteiger partial charge < -0.3 is 4.74 Å². The van der Waals surface area contributed by atoms with E-state index in [0.717, 1.165) is 28.4 Å². The molecule has 1 aromatic heterocycles. The van der Waals surface area contributed by atoms with Gasteiger partial charge in [-0.05, 0) is 31.5 Å². The van der Waals surface area contributed by atoms with E-state index in [-0.39, 0.29) is 0 Å². The monoisotopic (exact) mass is 278 g/mol. The normalized spacial score (nSPS) is 10.6. The van der Waals surface area contributed by atoms with Crippen molar-refractivity contribution in [1.82, 2.24) is 9.78 Å². The average Bonchev–Trinajstić information content (AvgIpc) is 2.85. The molecule has 21 heavy (non-hydrogen) atoms. The van der Waals surface area contributed by atoms with Crippen LogP contribution in [0.5, 0.6) is 5.88 Å². The Bertz CT molecular complexity index is 743. The second-order valence-corrected chi connectivity index (χ2v) is 5.08. The van der Waals surface area contributed by atoms with Crippen molar-refractivity contribution in [3.63, 3.8) is 0 Å². The molecular formula is C18H18N2O. The predicted octanol–water partition coefficient (Wildman–Crippen LogP) is 4.16. The van der Waals surface area contributed by atoms with E-state index in [4.69, 9.17) is 4.74 Å². The maximum atomic E-state index is 5.64. The number of hydrogen-bond donors (Lipinski definition) is 0. The first kappa shape index (κ1) is 13.4. The molecule has 0 unspecified atom stereocenters. The number of para-hydroxylation sites is 1. The maximum Gasteiger partial charge on any atom is 0.224 e. The number of rotatable bonds is 3. The highest BCUT2D eigenvalue weighted by Crippen LogP contribution is 2.34. The smallest absolute Gasteiger partial charge is 0.224 e. The molecule has 2 aromatic carbocycles. The highest BCUT2D eigenvalue weighted by atomic mass is 16.5. The van der Waals surface area contributed by atoms with Crippen LogP contribution in [0.1, 0.15) is 11.3 Å². The summed E-state index contributed by atoms with van der Waals surface area (Å²) in [5.74, 6) is 0.766. The Hall–Kier alpha value is -2.55. The molecule has 0 atom stereocenters. The van der Waals surface area contributed by atoms with Gasteiger partial charge in [-0.3, -0.25) is 0 Å². The Morgan fingerprint density at radius 3 is 2.19 bits per heavy atom. The van der Waals surface area contributed by atoms with Crippen LogP contribution < -0.4 is 4.74 Å². The standard InChI is InChI=1S/C18H18N2O/c1-13-9-11-15(12-10-13)17-14(2)19-20(18(17)21-3)16-7-5-4-6-8-16/h4-12H,1-3H3. The van der Waals surface area contributed by atoms with Gasteiger partial charge in [-0.15, -0.1) is 0 Å². The first-order valence-corrected chi connectivity index (χ1v) is 6.97. The quantitative estimate of drug-likeness (QED) is 0.719. The number of aryl methyl sites for hydroxylation is 2. The minimum absolute atomic E-state index is 0.766. The van der Waals surface area contributed by atoms with Gasteiger partial charge in [0.1, 0.15) is 0 Å². The highest BCUT2D eigenvalue weighted by Gasteiger charge is 2.18. The lowest BCUT2D eigenvalue weighted by Gasteiger charge is -2.08. The zero-order chi connectivity index (χ0) is 14.8. The first-order chi connectivity index (χ1) is 10.2. The van der Waals surface area contributed by atoms with E-state index >= 15 is 0 Å². The second kappa shape index (κ2) is 5.44. The fourth-order valence-corrected chi connectivity index (χ4v) is 2.49. The summed E-state index contributed by atoms with van der Waals surface area (Å²) in [6.45, 7) is 4.10. The maximum absolute atomic E-state index is 5.64. The second-order valence-electron chi connectivity index (χ2n) is 5.08. The van der Waals surface area contributed by atoms with Crippen molar-refractivity contribution in [2.75, 3.05) is 7.11 Å². The van der Waals surface area contributed by atoms with Crippen LogP contribution in [0, 0.1) is 13.8 Å². The first-order valence-electron chi connectivity index (χ1n) is 6.97. The zero-order valence-corrected chi connectivity index (χ0v) is 12.5. The van der Waals surface area contributed by atoms with Gasteiger partial charge in [-0.25, -0.2) is 4.68 Å². The molecule has 3 rings (SSSR count). The van der Waals surface area contributed by atoms with Crippen LogP contribution in [0.3, 0.4) is 0 Å². The SMILES string of the molecule is COc1c(-c2ccc(C)cc2)c(C)nn1-c1ccccc1. The number of benzene rings is 2. The molecule has 3 nitrogen and oxygen atoms in total. The molecule has 0 spiro atoms. The van der Waals surface area contributed by atoms with Gasteiger partial charge in [0, 0.05) is 0 Å². The third-order valence-corrected chi connectivity index (χ3v) is 3.55. The van der Waals surface area contributed by atoms with Crippen LogP contribution in [0.2, 0.25) is 0 Å². The van der Waals surface area contributed by atoms with Gasteiger partial charge in [0.2, 0.25) is 5.88 Å². The summed E-state index contributed by atoms with van der Waals surface area (Å²) in [6.07, 6.45) is 0. The van der Waals surface area contributed by atoms with Gasteiger partial charge in [0.25, 0.3) is 0 Å². The third-order valence-electron chi connectivity index (χ3n) is 3.55. The van der Waals surface area contributed by atoms with Crippen molar-refractivity contribution < 1.29 is 4.74 Å². The zero-order valence-electron chi connectivity index (χ0n) is 12.5. The van der Waals surface area contributed by atoms with E-state index in [1.807, 2.05) is 41.9 Å². The lowest BCUT2D eigenvalue weighted by atomic mass is 10.0. The Labute approximate surface area is 124 Å². The molecule has 1 heterocycles. The number of methoxy groups -OCH3 is 1. The van der Waals surface area contributed by atoms with Crippen molar-refractivity contribution in [2.45, 2.75) is 13.8 Å². The molecule has 0 aliphatic heterocycles. The third kappa shape index (κ3) is 2.42. The number of nitrogens with zero attached hydrogens (tertiary/aromatic N) is 2. The average molecular weight is 278 g/mol. The fraction of sp³-hybridized carbons (Fsp3) is 0.167. The molecule has 106 valence electrons. The van der Waals surface area contributed by atoms with Crippen molar-refractivity contribution >= 4 is 0 Å². The lowest BCUT2D eigenvalue weighted by Crippen LogP contribution is -1.99. The van der Waals surface area contributed by atoms with Crippen LogP contribution >= 0.6 is 0 Å². The summed E-state index contributed by atoms with van der Waals surface area (Å²) in [4.78, 5) is 0. The van der Waals surface area contributed by atoms with Crippen LogP contribution in [0.4, 0.5) is 0 Å². The Morgan fingerprint density at radius 1 is 0.905 bits per heavy atom. The number of hydrogen-bond acceptors (Lipinski definition) is 2. The van der Waals surface area contributed by atoms with E-state index in [2.05, 4.69) is 36.3 Å². The van der Waals surface area contributed by atoms with Crippen molar-refractivity contribution in [2.24, 2.45) is 0 Å². The van der Waals surface area contributed by atoms with Crippen molar-refractivity contribution in [1.29, 1.82) is 0 Å². The molecule has 0 aliphatic rings.